The molecule has 2 amide bonds. The van der Waals surface area contributed by atoms with Crippen molar-refractivity contribution in [1.82, 2.24) is 15.2 Å². The molecular weight excluding hydrogens is 334 g/mol. The highest BCUT2D eigenvalue weighted by Gasteiger charge is 2.32. The Morgan fingerprint density at radius 2 is 2.12 bits per heavy atom. The maximum atomic E-state index is 12.4. The molecule has 0 bridgehead atoms. The molecule has 1 aliphatic carbocycles. The summed E-state index contributed by atoms with van der Waals surface area (Å²) in [4.78, 5) is 29.9. The molecule has 0 radical (unpaired) electrons. The van der Waals surface area contributed by atoms with Crippen LogP contribution in [-0.2, 0) is 9.59 Å². The summed E-state index contributed by atoms with van der Waals surface area (Å²) in [6.07, 6.45) is 4.30. The lowest BCUT2D eigenvalue weighted by Crippen LogP contribution is -2.35. The first-order chi connectivity index (χ1) is 12.0. The fourth-order valence-corrected chi connectivity index (χ4v) is 4.60. The van der Waals surface area contributed by atoms with E-state index in [1.807, 2.05) is 18.0 Å². The van der Waals surface area contributed by atoms with Gasteiger partial charge >= 0.3 is 0 Å². The van der Waals surface area contributed by atoms with Crippen LogP contribution in [0.4, 0.5) is 0 Å². The Balaban J connectivity index is 1.53. The number of benzene rings is 1. The van der Waals surface area contributed by atoms with Crippen LogP contribution in [0.5, 0.6) is 0 Å². The molecule has 2 unspecified atom stereocenters. The molecule has 0 saturated heterocycles. The summed E-state index contributed by atoms with van der Waals surface area (Å²) in [5, 5.41) is 3.94. The Bertz CT molecular complexity index is 725. The van der Waals surface area contributed by atoms with Crippen molar-refractivity contribution in [2.24, 2.45) is 0 Å². The van der Waals surface area contributed by atoms with Crippen LogP contribution in [0.3, 0.4) is 0 Å². The number of aromatic nitrogens is 1. The SMILES string of the molecule is CC(=O)NCCCC(=O)N(C)C1CCC(c2nc3ccccc3s2)C1. The molecule has 0 spiro atoms. The molecule has 1 N–H and O–H groups in total. The van der Waals surface area contributed by atoms with Crippen LogP contribution >= 0.6 is 11.3 Å². The molecule has 1 fully saturated rings. The van der Waals surface area contributed by atoms with E-state index in [1.54, 1.807) is 11.3 Å². The minimum atomic E-state index is -0.0460. The smallest absolute Gasteiger partial charge is 0.222 e. The molecule has 25 heavy (non-hydrogen) atoms. The highest BCUT2D eigenvalue weighted by Crippen LogP contribution is 2.39. The van der Waals surface area contributed by atoms with Crippen LogP contribution in [-0.4, -0.2) is 41.3 Å². The zero-order valence-corrected chi connectivity index (χ0v) is 15.6. The topological polar surface area (TPSA) is 62.3 Å². The summed E-state index contributed by atoms with van der Waals surface area (Å²) in [5.41, 5.74) is 1.08. The second-order valence-corrected chi connectivity index (χ2v) is 7.84. The number of thiazole rings is 1. The number of amides is 2. The van der Waals surface area contributed by atoms with Gasteiger partial charge in [-0.2, -0.15) is 0 Å². The number of fused-ring (bicyclic) bond motifs is 1. The third-order valence-corrected chi connectivity index (χ3v) is 6.15. The zero-order chi connectivity index (χ0) is 17.8. The number of nitrogens with one attached hydrogen (secondary N) is 1. The Labute approximate surface area is 152 Å². The number of hydrogen-bond acceptors (Lipinski definition) is 4. The van der Waals surface area contributed by atoms with Gasteiger partial charge in [-0.3, -0.25) is 9.59 Å². The Kier molecular flexibility index (Phi) is 5.68. The van der Waals surface area contributed by atoms with Gasteiger partial charge in [-0.1, -0.05) is 12.1 Å². The van der Waals surface area contributed by atoms with Gasteiger partial charge in [0.15, 0.2) is 0 Å². The Hall–Kier alpha value is -1.95. The lowest BCUT2D eigenvalue weighted by molar-refractivity contribution is -0.132. The molecule has 1 saturated carbocycles. The molecule has 134 valence electrons. The van der Waals surface area contributed by atoms with E-state index >= 15 is 0 Å². The summed E-state index contributed by atoms with van der Waals surface area (Å²) in [6, 6.07) is 8.55. The number of para-hydroxylation sites is 1. The average molecular weight is 359 g/mol. The van der Waals surface area contributed by atoms with Gasteiger partial charge in [-0.05, 0) is 37.8 Å². The van der Waals surface area contributed by atoms with E-state index in [-0.39, 0.29) is 11.8 Å². The van der Waals surface area contributed by atoms with E-state index in [1.165, 1.54) is 16.6 Å². The second kappa shape index (κ2) is 7.95. The van der Waals surface area contributed by atoms with Crippen LogP contribution in [0, 0.1) is 0 Å². The van der Waals surface area contributed by atoms with Crippen molar-refractivity contribution in [3.63, 3.8) is 0 Å². The molecule has 6 heteroatoms. The van der Waals surface area contributed by atoms with Gasteiger partial charge in [0, 0.05) is 38.9 Å². The predicted octanol–water partition coefficient (Wildman–Crippen LogP) is 3.31. The fourth-order valence-electron chi connectivity index (χ4n) is 3.48. The van der Waals surface area contributed by atoms with Crippen LogP contribution in [0.1, 0.15) is 50.0 Å². The predicted molar refractivity (Wildman–Crippen MR) is 101 cm³/mol. The molecule has 0 aliphatic heterocycles. The Morgan fingerprint density at radius 3 is 2.88 bits per heavy atom. The minimum absolute atomic E-state index is 0.0460. The van der Waals surface area contributed by atoms with Crippen LogP contribution < -0.4 is 5.32 Å². The highest BCUT2D eigenvalue weighted by atomic mass is 32.1. The van der Waals surface area contributed by atoms with Crippen molar-refractivity contribution in [3.05, 3.63) is 29.3 Å². The second-order valence-electron chi connectivity index (χ2n) is 6.77. The molecule has 1 heterocycles. The van der Waals surface area contributed by atoms with E-state index < -0.39 is 0 Å². The Morgan fingerprint density at radius 1 is 1.32 bits per heavy atom. The highest BCUT2D eigenvalue weighted by molar-refractivity contribution is 7.18. The first kappa shape index (κ1) is 17.9. The summed E-state index contributed by atoms with van der Waals surface area (Å²) < 4.78 is 1.24. The van der Waals surface area contributed by atoms with Gasteiger partial charge in [0.1, 0.15) is 0 Å². The van der Waals surface area contributed by atoms with Crippen molar-refractivity contribution in [2.75, 3.05) is 13.6 Å². The molecule has 1 aromatic heterocycles. The molecule has 5 nitrogen and oxygen atoms in total. The lowest BCUT2D eigenvalue weighted by Gasteiger charge is -2.24. The van der Waals surface area contributed by atoms with Gasteiger partial charge in [0.2, 0.25) is 11.8 Å². The first-order valence-corrected chi connectivity index (χ1v) is 9.72. The van der Waals surface area contributed by atoms with E-state index in [0.29, 0.717) is 31.3 Å². The van der Waals surface area contributed by atoms with Gasteiger partial charge in [-0.25, -0.2) is 4.98 Å². The normalized spacial score (nSPS) is 19.9. The summed E-state index contributed by atoms with van der Waals surface area (Å²) in [7, 11) is 1.91. The standard InChI is InChI=1S/C19H25N3O2S/c1-13(23)20-11-5-8-18(24)22(2)15-10-9-14(12-15)19-21-16-6-3-4-7-17(16)25-19/h3-4,6-7,14-15H,5,8-12H2,1-2H3,(H,20,23). The van der Waals surface area contributed by atoms with Gasteiger partial charge < -0.3 is 10.2 Å². The molecule has 1 aromatic carbocycles. The van der Waals surface area contributed by atoms with E-state index in [0.717, 1.165) is 24.8 Å². The summed E-state index contributed by atoms with van der Waals surface area (Å²) in [5.74, 6) is 0.576. The third kappa shape index (κ3) is 4.37. The number of carbonyl (C=O) groups is 2. The zero-order valence-electron chi connectivity index (χ0n) is 14.8. The molecule has 3 rings (SSSR count). The number of rotatable bonds is 6. The largest absolute Gasteiger partial charge is 0.356 e. The number of hydrogen-bond donors (Lipinski definition) is 1. The third-order valence-electron chi connectivity index (χ3n) is 4.95. The summed E-state index contributed by atoms with van der Waals surface area (Å²) >= 11 is 1.78. The van der Waals surface area contributed by atoms with E-state index in [4.69, 9.17) is 4.98 Å². The number of nitrogens with zero attached hydrogens (tertiary/aromatic N) is 2. The molecular formula is C19H25N3O2S. The van der Waals surface area contributed by atoms with Crippen molar-refractivity contribution in [3.8, 4) is 0 Å². The number of carbonyl (C=O) groups excluding carboxylic acids is 2. The van der Waals surface area contributed by atoms with Crippen LogP contribution in [0.15, 0.2) is 24.3 Å². The van der Waals surface area contributed by atoms with Crippen LogP contribution in [0.25, 0.3) is 10.2 Å². The maximum absolute atomic E-state index is 12.4. The van der Waals surface area contributed by atoms with Crippen LogP contribution in [0.2, 0.25) is 0 Å². The first-order valence-electron chi connectivity index (χ1n) is 8.90. The van der Waals surface area contributed by atoms with E-state index in [9.17, 15) is 9.59 Å². The van der Waals surface area contributed by atoms with Gasteiger partial charge in [-0.15, -0.1) is 11.3 Å². The molecule has 2 atom stereocenters. The van der Waals surface area contributed by atoms with Crippen molar-refractivity contribution in [2.45, 2.75) is 51.0 Å². The van der Waals surface area contributed by atoms with Gasteiger partial charge in [0.25, 0.3) is 0 Å². The molecule has 1 aliphatic rings. The lowest BCUT2D eigenvalue weighted by atomic mass is 10.1. The van der Waals surface area contributed by atoms with Crippen molar-refractivity contribution in [1.29, 1.82) is 0 Å². The van der Waals surface area contributed by atoms with E-state index in [2.05, 4.69) is 23.5 Å². The van der Waals surface area contributed by atoms with Crippen molar-refractivity contribution < 1.29 is 9.59 Å². The molecule has 2 aromatic rings. The monoisotopic (exact) mass is 359 g/mol. The average Bonchev–Trinajstić information content (AvgIpc) is 3.23. The quantitative estimate of drug-likeness (QED) is 0.805. The summed E-state index contributed by atoms with van der Waals surface area (Å²) in [6.45, 7) is 2.06. The maximum Gasteiger partial charge on any atom is 0.222 e. The fraction of sp³-hybridized carbons (Fsp3) is 0.526. The minimum Gasteiger partial charge on any atom is -0.356 e. The van der Waals surface area contributed by atoms with Crippen molar-refractivity contribution >= 4 is 33.4 Å². The van der Waals surface area contributed by atoms with Gasteiger partial charge in [0.05, 0.1) is 15.2 Å².